The highest BCUT2D eigenvalue weighted by Crippen LogP contribution is 2.18. The summed E-state index contributed by atoms with van der Waals surface area (Å²) in [7, 11) is 0. The largest absolute Gasteiger partial charge is 0.383 e. The molecule has 2 nitrogen and oxygen atoms in total. The van der Waals surface area contributed by atoms with Gasteiger partial charge in [0.1, 0.15) is 5.82 Å². The Kier molecular flexibility index (Phi) is 4.99. The molecule has 0 aliphatic rings. The fourth-order valence-corrected chi connectivity index (χ4v) is 2.25. The number of hydrogen-bond donors (Lipinski definition) is 1. The number of hydrogen-bond acceptors (Lipinski definition) is 2. The lowest BCUT2D eigenvalue weighted by molar-refractivity contribution is 0.619. The quantitative estimate of drug-likeness (QED) is 0.852. The number of nitrogens with one attached hydrogen (secondary N) is 1. The minimum absolute atomic E-state index is 0.162. The van der Waals surface area contributed by atoms with Crippen LogP contribution in [0.5, 0.6) is 0 Å². The van der Waals surface area contributed by atoms with Crippen LogP contribution < -0.4 is 10.2 Å². The van der Waals surface area contributed by atoms with Crippen LogP contribution in [-0.2, 0) is 0 Å². The molecule has 0 spiro atoms. The first-order valence-corrected chi connectivity index (χ1v) is 7.00. The van der Waals surface area contributed by atoms with Crippen molar-refractivity contribution in [2.45, 2.75) is 13.8 Å². The monoisotopic (exact) mass is 272 g/mol. The maximum Gasteiger partial charge on any atom is 0.146 e. The van der Waals surface area contributed by atoms with Crippen molar-refractivity contribution >= 4 is 11.4 Å². The van der Waals surface area contributed by atoms with Crippen LogP contribution in [0.25, 0.3) is 0 Å². The molecular weight excluding hydrogens is 251 g/mol. The van der Waals surface area contributed by atoms with Gasteiger partial charge in [0.05, 0.1) is 5.69 Å². The molecule has 0 bridgehead atoms. The van der Waals surface area contributed by atoms with E-state index in [9.17, 15) is 4.39 Å². The molecule has 0 saturated heterocycles. The van der Waals surface area contributed by atoms with Crippen LogP contribution in [0.4, 0.5) is 15.8 Å². The predicted molar refractivity (Wildman–Crippen MR) is 84.0 cm³/mol. The maximum absolute atomic E-state index is 13.8. The molecule has 2 aromatic carbocycles. The van der Waals surface area contributed by atoms with E-state index in [1.807, 2.05) is 36.1 Å². The first-order valence-electron chi connectivity index (χ1n) is 7.00. The van der Waals surface area contributed by atoms with Crippen LogP contribution in [0.15, 0.2) is 48.5 Å². The Labute approximate surface area is 120 Å². The van der Waals surface area contributed by atoms with Crippen LogP contribution in [0.1, 0.15) is 12.5 Å². The molecular formula is C17H21FN2. The van der Waals surface area contributed by atoms with Gasteiger partial charge in [-0.1, -0.05) is 24.3 Å². The SMILES string of the molecule is CCN(CCNc1cccc(C)c1)c1ccccc1F. The molecule has 20 heavy (non-hydrogen) atoms. The first-order chi connectivity index (χ1) is 9.70. The molecule has 0 aliphatic carbocycles. The van der Waals surface area contributed by atoms with Crippen molar-refractivity contribution in [2.75, 3.05) is 29.9 Å². The standard InChI is InChI=1S/C17H21FN2/c1-3-20(17-10-5-4-9-16(17)18)12-11-19-15-8-6-7-14(2)13-15/h4-10,13,19H,3,11-12H2,1-2H3. The minimum atomic E-state index is -0.162. The smallest absolute Gasteiger partial charge is 0.146 e. The minimum Gasteiger partial charge on any atom is -0.383 e. The fourth-order valence-electron chi connectivity index (χ4n) is 2.25. The summed E-state index contributed by atoms with van der Waals surface area (Å²) < 4.78 is 13.8. The normalized spacial score (nSPS) is 10.3. The van der Waals surface area contributed by atoms with E-state index >= 15 is 0 Å². The molecule has 0 unspecified atom stereocenters. The van der Waals surface area contributed by atoms with Crippen LogP contribution in [-0.4, -0.2) is 19.6 Å². The van der Waals surface area contributed by atoms with E-state index in [0.29, 0.717) is 5.69 Å². The number of likely N-dealkylation sites (N-methyl/N-ethyl adjacent to an activating group) is 1. The lowest BCUT2D eigenvalue weighted by Gasteiger charge is -2.24. The molecule has 0 radical (unpaired) electrons. The highest BCUT2D eigenvalue weighted by molar-refractivity contribution is 5.49. The maximum atomic E-state index is 13.8. The topological polar surface area (TPSA) is 15.3 Å². The Morgan fingerprint density at radius 1 is 1.10 bits per heavy atom. The second kappa shape index (κ2) is 6.94. The predicted octanol–water partition coefficient (Wildman–Crippen LogP) is 4.07. The number of rotatable bonds is 6. The average Bonchev–Trinajstić information content (AvgIpc) is 2.45. The van der Waals surface area contributed by atoms with Gasteiger partial charge in [-0.2, -0.15) is 0 Å². The van der Waals surface area contributed by atoms with Crippen LogP contribution in [0, 0.1) is 12.7 Å². The summed E-state index contributed by atoms with van der Waals surface area (Å²) in [6.07, 6.45) is 0. The molecule has 0 atom stereocenters. The lowest BCUT2D eigenvalue weighted by atomic mass is 10.2. The van der Waals surface area contributed by atoms with Crippen LogP contribution in [0.3, 0.4) is 0 Å². The van der Waals surface area contributed by atoms with Gasteiger partial charge in [0.25, 0.3) is 0 Å². The van der Waals surface area contributed by atoms with Crippen molar-refractivity contribution in [1.29, 1.82) is 0 Å². The zero-order chi connectivity index (χ0) is 14.4. The van der Waals surface area contributed by atoms with Gasteiger partial charge in [-0.05, 0) is 43.7 Å². The Balaban J connectivity index is 1.93. The van der Waals surface area contributed by atoms with E-state index in [1.165, 1.54) is 11.6 Å². The summed E-state index contributed by atoms with van der Waals surface area (Å²) in [5, 5.41) is 3.38. The molecule has 0 fully saturated rings. The molecule has 3 heteroatoms. The second-order valence-corrected chi connectivity index (χ2v) is 4.83. The third-order valence-electron chi connectivity index (χ3n) is 3.30. The van der Waals surface area contributed by atoms with E-state index in [-0.39, 0.29) is 5.82 Å². The zero-order valence-electron chi connectivity index (χ0n) is 12.1. The Bertz CT molecular complexity index is 554. The van der Waals surface area contributed by atoms with Crippen molar-refractivity contribution in [3.05, 3.63) is 59.9 Å². The highest BCUT2D eigenvalue weighted by Gasteiger charge is 2.08. The zero-order valence-corrected chi connectivity index (χ0v) is 12.1. The van der Waals surface area contributed by atoms with Gasteiger partial charge in [0.15, 0.2) is 0 Å². The third kappa shape index (κ3) is 3.73. The fraction of sp³-hybridized carbons (Fsp3) is 0.294. The van der Waals surface area contributed by atoms with Crippen molar-refractivity contribution in [3.63, 3.8) is 0 Å². The van der Waals surface area contributed by atoms with Gasteiger partial charge in [0, 0.05) is 25.3 Å². The molecule has 2 rings (SSSR count). The highest BCUT2D eigenvalue weighted by atomic mass is 19.1. The number of aryl methyl sites for hydroxylation is 1. The van der Waals surface area contributed by atoms with Crippen molar-refractivity contribution in [1.82, 2.24) is 0 Å². The van der Waals surface area contributed by atoms with Crippen molar-refractivity contribution in [2.24, 2.45) is 0 Å². The summed E-state index contributed by atoms with van der Waals surface area (Å²) in [4.78, 5) is 2.04. The molecule has 1 N–H and O–H groups in total. The number of benzene rings is 2. The van der Waals surface area contributed by atoms with Gasteiger partial charge in [-0.15, -0.1) is 0 Å². The van der Waals surface area contributed by atoms with Gasteiger partial charge < -0.3 is 10.2 Å². The molecule has 0 aromatic heterocycles. The van der Waals surface area contributed by atoms with Crippen molar-refractivity contribution < 1.29 is 4.39 Å². The summed E-state index contributed by atoms with van der Waals surface area (Å²) in [5.41, 5.74) is 3.01. The second-order valence-electron chi connectivity index (χ2n) is 4.83. The van der Waals surface area contributed by atoms with Crippen LogP contribution >= 0.6 is 0 Å². The van der Waals surface area contributed by atoms with E-state index in [0.717, 1.165) is 25.3 Å². The Hall–Kier alpha value is -2.03. The van der Waals surface area contributed by atoms with E-state index in [2.05, 4.69) is 24.4 Å². The number of nitrogens with zero attached hydrogens (tertiary/aromatic N) is 1. The molecule has 0 aliphatic heterocycles. The van der Waals surface area contributed by atoms with E-state index in [4.69, 9.17) is 0 Å². The van der Waals surface area contributed by atoms with Gasteiger partial charge in [0.2, 0.25) is 0 Å². The average molecular weight is 272 g/mol. The summed E-state index contributed by atoms with van der Waals surface area (Å²) in [6.45, 7) is 6.45. The summed E-state index contributed by atoms with van der Waals surface area (Å²) in [6, 6.07) is 15.2. The lowest BCUT2D eigenvalue weighted by Crippen LogP contribution is -2.29. The van der Waals surface area contributed by atoms with E-state index in [1.54, 1.807) is 6.07 Å². The van der Waals surface area contributed by atoms with E-state index < -0.39 is 0 Å². The van der Waals surface area contributed by atoms with Gasteiger partial charge in [-0.25, -0.2) is 4.39 Å². The van der Waals surface area contributed by atoms with Crippen molar-refractivity contribution in [3.8, 4) is 0 Å². The Morgan fingerprint density at radius 3 is 2.60 bits per heavy atom. The van der Waals surface area contributed by atoms with Crippen LogP contribution in [0.2, 0.25) is 0 Å². The number of anilines is 2. The third-order valence-corrected chi connectivity index (χ3v) is 3.30. The summed E-state index contributed by atoms with van der Waals surface area (Å²) >= 11 is 0. The molecule has 0 amide bonds. The molecule has 106 valence electrons. The summed E-state index contributed by atoms with van der Waals surface area (Å²) in [5.74, 6) is -0.162. The Morgan fingerprint density at radius 2 is 1.90 bits per heavy atom. The van der Waals surface area contributed by atoms with Gasteiger partial charge in [-0.3, -0.25) is 0 Å². The number of halogens is 1. The van der Waals surface area contributed by atoms with Gasteiger partial charge >= 0.3 is 0 Å². The molecule has 2 aromatic rings. The number of para-hydroxylation sites is 1. The molecule has 0 saturated carbocycles. The molecule has 0 heterocycles. The first kappa shape index (κ1) is 14.4.